The molecule has 5 heteroatoms. The smallest absolute Gasteiger partial charge is 0.254 e. The third-order valence-corrected chi connectivity index (χ3v) is 4.15. The summed E-state index contributed by atoms with van der Waals surface area (Å²) in [5.74, 6) is 0.348. The first-order valence-electron chi connectivity index (χ1n) is 8.65. The molecule has 0 spiro atoms. The molecule has 0 atom stereocenters. The minimum atomic E-state index is -0.177. The normalized spacial score (nSPS) is 10.3. The van der Waals surface area contributed by atoms with Gasteiger partial charge in [0.05, 0.1) is 5.56 Å². The zero-order valence-corrected chi connectivity index (χ0v) is 14.8. The summed E-state index contributed by atoms with van der Waals surface area (Å²) in [6.45, 7) is 3.26. The topological polar surface area (TPSA) is 66.9 Å². The fourth-order valence-corrected chi connectivity index (χ4v) is 2.59. The number of aromatic nitrogens is 2. The molecule has 0 aliphatic carbocycles. The summed E-state index contributed by atoms with van der Waals surface area (Å²) >= 11 is 0. The quantitative estimate of drug-likeness (QED) is 0.688. The molecule has 0 saturated heterocycles. The highest BCUT2D eigenvalue weighted by molar-refractivity contribution is 5.93. The van der Waals surface area contributed by atoms with E-state index < -0.39 is 0 Å². The van der Waals surface area contributed by atoms with Gasteiger partial charge < -0.3 is 10.6 Å². The number of aryl methyl sites for hydroxylation is 1. The largest absolute Gasteiger partial charge is 0.354 e. The first kappa shape index (κ1) is 17.6. The minimum absolute atomic E-state index is 0.177. The molecule has 3 rings (SSSR count). The molecule has 0 radical (unpaired) electrons. The summed E-state index contributed by atoms with van der Waals surface area (Å²) in [6, 6.07) is 18.2. The molecular weight excluding hydrogens is 324 g/mol. The Labute approximate surface area is 153 Å². The molecule has 0 unspecified atom stereocenters. The van der Waals surface area contributed by atoms with Gasteiger partial charge >= 0.3 is 0 Å². The zero-order chi connectivity index (χ0) is 18.2. The SMILES string of the molecule is Cc1ccccc1CNC(=O)c1cnc(NCCc2ccccc2)nc1. The third kappa shape index (κ3) is 4.89. The maximum atomic E-state index is 12.2. The first-order valence-corrected chi connectivity index (χ1v) is 8.65. The van der Waals surface area contributed by atoms with Crippen LogP contribution >= 0.6 is 0 Å². The predicted molar refractivity (Wildman–Crippen MR) is 103 cm³/mol. The van der Waals surface area contributed by atoms with E-state index in [-0.39, 0.29) is 5.91 Å². The Morgan fingerprint density at radius 2 is 1.65 bits per heavy atom. The van der Waals surface area contributed by atoms with E-state index in [4.69, 9.17) is 0 Å². The van der Waals surface area contributed by atoms with Crippen LogP contribution in [0.1, 0.15) is 27.0 Å². The van der Waals surface area contributed by atoms with Crippen molar-refractivity contribution in [3.05, 3.63) is 89.2 Å². The molecule has 1 heterocycles. The summed E-state index contributed by atoms with van der Waals surface area (Å²) in [5.41, 5.74) is 3.96. The number of rotatable bonds is 7. The van der Waals surface area contributed by atoms with Gasteiger partial charge in [0.2, 0.25) is 5.95 Å². The van der Waals surface area contributed by atoms with Crippen LogP contribution in [0.3, 0.4) is 0 Å². The average molecular weight is 346 g/mol. The number of nitrogens with zero attached hydrogens (tertiary/aromatic N) is 2. The Morgan fingerprint density at radius 3 is 2.38 bits per heavy atom. The van der Waals surface area contributed by atoms with Gasteiger partial charge in [-0.2, -0.15) is 0 Å². The van der Waals surface area contributed by atoms with Crippen molar-refractivity contribution in [2.75, 3.05) is 11.9 Å². The standard InChI is InChI=1S/C21H22N4O/c1-16-7-5-6-10-18(16)13-23-20(26)19-14-24-21(25-15-19)22-12-11-17-8-3-2-4-9-17/h2-10,14-15H,11-13H2,1H3,(H,23,26)(H,22,24,25). The van der Waals surface area contributed by atoms with E-state index in [1.807, 2.05) is 49.4 Å². The summed E-state index contributed by atoms with van der Waals surface area (Å²) in [4.78, 5) is 20.7. The summed E-state index contributed by atoms with van der Waals surface area (Å²) in [7, 11) is 0. The van der Waals surface area contributed by atoms with E-state index >= 15 is 0 Å². The van der Waals surface area contributed by atoms with Crippen LogP contribution in [0.4, 0.5) is 5.95 Å². The molecule has 0 fully saturated rings. The van der Waals surface area contributed by atoms with Crippen molar-refractivity contribution in [1.82, 2.24) is 15.3 Å². The Kier molecular flexibility index (Phi) is 5.93. The molecule has 132 valence electrons. The fraction of sp³-hybridized carbons (Fsp3) is 0.190. The van der Waals surface area contributed by atoms with E-state index in [2.05, 4.69) is 32.7 Å². The van der Waals surface area contributed by atoms with E-state index in [1.165, 1.54) is 5.56 Å². The highest BCUT2D eigenvalue weighted by atomic mass is 16.1. The lowest BCUT2D eigenvalue weighted by atomic mass is 10.1. The van der Waals surface area contributed by atoms with Crippen LogP contribution in [0, 0.1) is 6.92 Å². The van der Waals surface area contributed by atoms with Gasteiger partial charge in [-0.15, -0.1) is 0 Å². The molecule has 5 nitrogen and oxygen atoms in total. The molecule has 26 heavy (non-hydrogen) atoms. The molecule has 0 aliphatic heterocycles. The van der Waals surface area contributed by atoms with Crippen molar-refractivity contribution < 1.29 is 4.79 Å². The fourth-order valence-electron chi connectivity index (χ4n) is 2.59. The van der Waals surface area contributed by atoms with Gasteiger partial charge in [-0.3, -0.25) is 4.79 Å². The van der Waals surface area contributed by atoms with Gasteiger partial charge in [0, 0.05) is 25.5 Å². The zero-order valence-electron chi connectivity index (χ0n) is 14.8. The number of hydrogen-bond donors (Lipinski definition) is 2. The second-order valence-electron chi connectivity index (χ2n) is 6.07. The molecule has 2 N–H and O–H groups in total. The molecule has 1 amide bonds. The highest BCUT2D eigenvalue weighted by Gasteiger charge is 2.07. The number of carbonyl (C=O) groups is 1. The monoisotopic (exact) mass is 346 g/mol. The number of carbonyl (C=O) groups excluding carboxylic acids is 1. The van der Waals surface area contributed by atoms with Gasteiger partial charge in [0.1, 0.15) is 0 Å². The average Bonchev–Trinajstić information content (AvgIpc) is 2.68. The maximum absolute atomic E-state index is 12.2. The van der Waals surface area contributed by atoms with Crippen LogP contribution in [0.5, 0.6) is 0 Å². The van der Waals surface area contributed by atoms with E-state index in [1.54, 1.807) is 12.4 Å². The lowest BCUT2D eigenvalue weighted by molar-refractivity contribution is 0.0950. The molecule has 0 saturated carbocycles. The summed E-state index contributed by atoms with van der Waals surface area (Å²) < 4.78 is 0. The van der Waals surface area contributed by atoms with Gasteiger partial charge in [-0.1, -0.05) is 54.6 Å². The highest BCUT2D eigenvalue weighted by Crippen LogP contribution is 2.07. The Morgan fingerprint density at radius 1 is 0.962 bits per heavy atom. The first-order chi connectivity index (χ1) is 12.7. The van der Waals surface area contributed by atoms with E-state index in [0.717, 1.165) is 24.1 Å². The van der Waals surface area contributed by atoms with Crippen LogP contribution in [-0.4, -0.2) is 22.4 Å². The second-order valence-corrected chi connectivity index (χ2v) is 6.07. The van der Waals surface area contributed by atoms with E-state index in [9.17, 15) is 4.79 Å². The van der Waals surface area contributed by atoms with Crippen LogP contribution in [0.15, 0.2) is 67.0 Å². The van der Waals surface area contributed by atoms with Crippen molar-refractivity contribution in [2.45, 2.75) is 19.9 Å². The summed E-state index contributed by atoms with van der Waals surface area (Å²) in [5, 5.41) is 6.07. The van der Waals surface area contributed by atoms with Crippen LogP contribution in [-0.2, 0) is 13.0 Å². The lowest BCUT2D eigenvalue weighted by Gasteiger charge is -2.08. The molecule has 2 aromatic carbocycles. The van der Waals surface area contributed by atoms with Crippen LogP contribution < -0.4 is 10.6 Å². The Balaban J connectivity index is 1.49. The maximum Gasteiger partial charge on any atom is 0.254 e. The summed E-state index contributed by atoms with van der Waals surface area (Å²) in [6.07, 6.45) is 3.99. The van der Waals surface area contributed by atoms with E-state index in [0.29, 0.717) is 18.1 Å². The van der Waals surface area contributed by atoms with Gasteiger partial charge in [0.25, 0.3) is 5.91 Å². The van der Waals surface area contributed by atoms with Crippen molar-refractivity contribution in [3.63, 3.8) is 0 Å². The molecule has 0 aliphatic rings. The molecule has 1 aromatic heterocycles. The minimum Gasteiger partial charge on any atom is -0.354 e. The number of benzene rings is 2. The van der Waals surface area contributed by atoms with Crippen molar-refractivity contribution >= 4 is 11.9 Å². The third-order valence-electron chi connectivity index (χ3n) is 4.15. The number of amides is 1. The number of anilines is 1. The van der Waals surface area contributed by atoms with Gasteiger partial charge in [-0.25, -0.2) is 9.97 Å². The Hall–Kier alpha value is -3.21. The molecular formula is C21H22N4O. The predicted octanol–water partition coefficient (Wildman–Crippen LogP) is 3.37. The van der Waals surface area contributed by atoms with Crippen molar-refractivity contribution in [2.24, 2.45) is 0 Å². The van der Waals surface area contributed by atoms with Gasteiger partial charge in [0.15, 0.2) is 0 Å². The second kappa shape index (κ2) is 8.76. The van der Waals surface area contributed by atoms with Crippen molar-refractivity contribution in [1.29, 1.82) is 0 Å². The lowest BCUT2D eigenvalue weighted by Crippen LogP contribution is -2.23. The van der Waals surface area contributed by atoms with Gasteiger partial charge in [-0.05, 0) is 30.0 Å². The van der Waals surface area contributed by atoms with Crippen molar-refractivity contribution in [3.8, 4) is 0 Å². The number of nitrogens with one attached hydrogen (secondary N) is 2. The molecule has 3 aromatic rings. The number of hydrogen-bond acceptors (Lipinski definition) is 4. The van der Waals surface area contributed by atoms with Crippen LogP contribution in [0.25, 0.3) is 0 Å². The molecule has 0 bridgehead atoms. The van der Waals surface area contributed by atoms with Crippen LogP contribution in [0.2, 0.25) is 0 Å². The Bertz CT molecular complexity index is 847.